The Bertz CT molecular complexity index is 677. The van der Waals surface area contributed by atoms with Gasteiger partial charge in [-0.05, 0) is 30.9 Å². The van der Waals surface area contributed by atoms with Crippen LogP contribution in [0, 0.1) is 11.3 Å². The first-order valence-corrected chi connectivity index (χ1v) is 9.43. The van der Waals surface area contributed by atoms with E-state index in [9.17, 15) is 18.3 Å². The lowest BCUT2D eigenvalue weighted by Crippen LogP contribution is -2.38. The number of carboxylic acid groups (broad SMARTS) is 1. The van der Waals surface area contributed by atoms with Gasteiger partial charge < -0.3 is 10.0 Å². The number of rotatable bonds is 6. The van der Waals surface area contributed by atoms with Gasteiger partial charge in [0.1, 0.15) is 0 Å². The fraction of sp³-hybridized carbons (Fsp3) is 0.562. The Balaban J connectivity index is 1.55. The van der Waals surface area contributed by atoms with E-state index in [4.69, 9.17) is 0 Å². The highest BCUT2D eigenvalue weighted by Crippen LogP contribution is 2.48. The summed E-state index contributed by atoms with van der Waals surface area (Å²) in [7, 11) is -3.50. The second-order valence-electron chi connectivity index (χ2n) is 6.50. The average molecular weight is 338 g/mol. The van der Waals surface area contributed by atoms with Crippen LogP contribution < -0.4 is 4.72 Å². The summed E-state index contributed by atoms with van der Waals surface area (Å²) in [4.78, 5) is 14.0. The Hall–Kier alpha value is -1.44. The molecule has 6 nitrogen and oxygen atoms in total. The molecule has 2 N–H and O–H groups in total. The van der Waals surface area contributed by atoms with Crippen LogP contribution in [-0.4, -0.2) is 50.6 Å². The summed E-state index contributed by atoms with van der Waals surface area (Å²) in [6.45, 7) is 2.11. The highest BCUT2D eigenvalue weighted by molar-refractivity contribution is 7.89. The summed E-state index contributed by atoms with van der Waals surface area (Å²) in [5.74, 6) is -0.502. The first-order valence-electron chi connectivity index (χ1n) is 7.94. The Morgan fingerprint density at radius 2 is 2.09 bits per heavy atom. The predicted molar refractivity (Wildman–Crippen MR) is 85.5 cm³/mol. The minimum atomic E-state index is -3.50. The van der Waals surface area contributed by atoms with Crippen LogP contribution in [0.5, 0.6) is 0 Å². The molecule has 0 bridgehead atoms. The van der Waals surface area contributed by atoms with E-state index in [2.05, 4.69) is 9.62 Å². The molecule has 1 aliphatic heterocycles. The van der Waals surface area contributed by atoms with Crippen molar-refractivity contribution in [2.24, 2.45) is 11.3 Å². The number of nitrogens with zero attached hydrogens (tertiary/aromatic N) is 1. The Labute approximate surface area is 136 Å². The number of benzene rings is 1. The standard InChI is InChI=1S/C16H22N2O4S/c19-15(20)16-8-4-5-13(16)11-18(12-16)10-9-17-23(21,22)14-6-2-1-3-7-14/h1-3,6-7,13,17H,4-5,8-12H2,(H,19,20)/t13-,16+/m0/s1. The van der Waals surface area contributed by atoms with Gasteiger partial charge in [-0.15, -0.1) is 0 Å². The van der Waals surface area contributed by atoms with Crippen molar-refractivity contribution in [1.82, 2.24) is 9.62 Å². The van der Waals surface area contributed by atoms with Crippen molar-refractivity contribution >= 4 is 16.0 Å². The van der Waals surface area contributed by atoms with Gasteiger partial charge in [0.25, 0.3) is 0 Å². The summed E-state index contributed by atoms with van der Waals surface area (Å²) < 4.78 is 26.9. The summed E-state index contributed by atoms with van der Waals surface area (Å²) in [5, 5.41) is 9.56. The van der Waals surface area contributed by atoms with Gasteiger partial charge in [-0.2, -0.15) is 0 Å². The van der Waals surface area contributed by atoms with E-state index < -0.39 is 21.4 Å². The molecule has 0 unspecified atom stereocenters. The van der Waals surface area contributed by atoms with E-state index in [1.54, 1.807) is 30.3 Å². The topological polar surface area (TPSA) is 86.7 Å². The van der Waals surface area contributed by atoms with Crippen molar-refractivity contribution in [3.8, 4) is 0 Å². The number of carbonyl (C=O) groups is 1. The van der Waals surface area contributed by atoms with Crippen LogP contribution in [0.25, 0.3) is 0 Å². The maximum atomic E-state index is 12.1. The van der Waals surface area contributed by atoms with Crippen LogP contribution in [0.4, 0.5) is 0 Å². The summed E-state index contributed by atoms with van der Waals surface area (Å²) >= 11 is 0. The SMILES string of the molecule is O=C(O)[C@@]12CCC[C@H]1CN(CCNS(=O)(=O)c1ccccc1)C2. The van der Waals surface area contributed by atoms with E-state index in [1.165, 1.54) is 0 Å². The third kappa shape index (κ3) is 3.13. The molecule has 7 heteroatoms. The molecule has 126 valence electrons. The molecule has 23 heavy (non-hydrogen) atoms. The molecule has 1 saturated carbocycles. The molecular formula is C16H22N2O4S. The molecule has 1 aromatic rings. The Morgan fingerprint density at radius 3 is 2.74 bits per heavy atom. The molecule has 1 aliphatic carbocycles. The van der Waals surface area contributed by atoms with Crippen molar-refractivity contribution in [3.05, 3.63) is 30.3 Å². The van der Waals surface area contributed by atoms with Gasteiger partial charge in [-0.25, -0.2) is 13.1 Å². The molecule has 3 rings (SSSR count). The maximum absolute atomic E-state index is 12.1. The van der Waals surface area contributed by atoms with Gasteiger partial charge in [0, 0.05) is 26.2 Å². The van der Waals surface area contributed by atoms with Crippen molar-refractivity contribution in [2.45, 2.75) is 24.2 Å². The van der Waals surface area contributed by atoms with Crippen molar-refractivity contribution in [3.63, 3.8) is 0 Å². The molecule has 2 atom stereocenters. The minimum Gasteiger partial charge on any atom is -0.481 e. The molecule has 0 spiro atoms. The van der Waals surface area contributed by atoms with Crippen LogP contribution in [0.2, 0.25) is 0 Å². The minimum absolute atomic E-state index is 0.200. The molecule has 2 aliphatic rings. The zero-order chi connectivity index (χ0) is 16.5. The van der Waals surface area contributed by atoms with Gasteiger partial charge in [0.15, 0.2) is 0 Å². The first-order chi connectivity index (χ1) is 10.9. The number of hydrogen-bond acceptors (Lipinski definition) is 4. The van der Waals surface area contributed by atoms with Crippen LogP contribution in [0.3, 0.4) is 0 Å². The monoisotopic (exact) mass is 338 g/mol. The van der Waals surface area contributed by atoms with Crippen molar-refractivity contribution in [1.29, 1.82) is 0 Å². The number of nitrogens with one attached hydrogen (secondary N) is 1. The van der Waals surface area contributed by atoms with Crippen LogP contribution >= 0.6 is 0 Å². The Kier molecular flexibility index (Phi) is 4.44. The molecule has 1 heterocycles. The summed E-state index contributed by atoms with van der Waals surface area (Å²) in [6, 6.07) is 8.26. The predicted octanol–water partition coefficient (Wildman–Crippen LogP) is 1.15. The molecule has 0 radical (unpaired) electrons. The van der Waals surface area contributed by atoms with Crippen LogP contribution in [-0.2, 0) is 14.8 Å². The van der Waals surface area contributed by atoms with E-state index in [-0.39, 0.29) is 10.8 Å². The normalized spacial score (nSPS) is 27.9. The van der Waals surface area contributed by atoms with E-state index in [0.29, 0.717) is 19.6 Å². The molecule has 0 aromatic heterocycles. The molecular weight excluding hydrogens is 316 g/mol. The highest BCUT2D eigenvalue weighted by Gasteiger charge is 2.54. The molecule has 2 fully saturated rings. The summed E-state index contributed by atoms with van der Waals surface area (Å²) in [5.41, 5.74) is -0.613. The average Bonchev–Trinajstić information content (AvgIpc) is 3.06. The number of aliphatic carboxylic acids is 1. The number of carboxylic acids is 1. The first kappa shape index (κ1) is 16.4. The zero-order valence-corrected chi connectivity index (χ0v) is 13.8. The smallest absolute Gasteiger partial charge is 0.311 e. The van der Waals surface area contributed by atoms with Crippen molar-refractivity contribution < 1.29 is 18.3 Å². The maximum Gasteiger partial charge on any atom is 0.311 e. The van der Waals surface area contributed by atoms with Gasteiger partial charge >= 0.3 is 5.97 Å². The third-order valence-electron chi connectivity index (χ3n) is 5.14. The lowest BCUT2D eigenvalue weighted by Gasteiger charge is -2.23. The number of sulfonamides is 1. The second kappa shape index (κ2) is 6.22. The second-order valence-corrected chi connectivity index (χ2v) is 8.26. The molecule has 1 saturated heterocycles. The molecule has 0 amide bonds. The Morgan fingerprint density at radius 1 is 1.35 bits per heavy atom. The fourth-order valence-corrected chi connectivity index (χ4v) is 4.98. The lowest BCUT2D eigenvalue weighted by atomic mass is 9.81. The van der Waals surface area contributed by atoms with E-state index >= 15 is 0 Å². The molecule has 1 aromatic carbocycles. The van der Waals surface area contributed by atoms with E-state index in [0.717, 1.165) is 25.8 Å². The van der Waals surface area contributed by atoms with Gasteiger partial charge in [0.05, 0.1) is 10.3 Å². The number of fused-ring (bicyclic) bond motifs is 1. The third-order valence-corrected chi connectivity index (χ3v) is 6.62. The van der Waals surface area contributed by atoms with Crippen LogP contribution in [0.15, 0.2) is 35.2 Å². The fourth-order valence-electron chi connectivity index (χ4n) is 3.93. The van der Waals surface area contributed by atoms with Crippen LogP contribution in [0.1, 0.15) is 19.3 Å². The van der Waals surface area contributed by atoms with Crippen molar-refractivity contribution in [2.75, 3.05) is 26.2 Å². The largest absolute Gasteiger partial charge is 0.481 e. The quantitative estimate of drug-likeness (QED) is 0.813. The zero-order valence-electron chi connectivity index (χ0n) is 12.9. The van der Waals surface area contributed by atoms with Gasteiger partial charge in [-0.3, -0.25) is 4.79 Å². The number of hydrogen-bond donors (Lipinski definition) is 2. The summed E-state index contributed by atoms with van der Waals surface area (Å²) in [6.07, 6.45) is 2.67. The number of likely N-dealkylation sites (tertiary alicyclic amines) is 1. The highest BCUT2D eigenvalue weighted by atomic mass is 32.2. The van der Waals surface area contributed by atoms with Gasteiger partial charge in [-0.1, -0.05) is 24.6 Å². The lowest BCUT2D eigenvalue weighted by molar-refractivity contribution is -0.149. The van der Waals surface area contributed by atoms with E-state index in [1.807, 2.05) is 0 Å². The van der Waals surface area contributed by atoms with Gasteiger partial charge in [0.2, 0.25) is 10.0 Å².